The third-order valence-electron chi connectivity index (χ3n) is 2.26. The molecule has 0 bridgehead atoms. The monoisotopic (exact) mass is 186 g/mol. The third kappa shape index (κ3) is 1.80. The van der Waals surface area contributed by atoms with Crippen molar-refractivity contribution >= 4 is 11.8 Å². The molecule has 1 rings (SSSR count). The molecule has 1 aliphatic heterocycles. The lowest BCUT2D eigenvalue weighted by Gasteiger charge is -2.38. The van der Waals surface area contributed by atoms with Crippen LogP contribution in [0.1, 0.15) is 13.8 Å². The summed E-state index contributed by atoms with van der Waals surface area (Å²) in [5.41, 5.74) is 4.27. The molecular weight excluding hydrogens is 172 g/mol. The second kappa shape index (κ2) is 3.33. The van der Waals surface area contributed by atoms with Gasteiger partial charge in [0, 0.05) is 6.54 Å². The summed E-state index contributed by atoms with van der Waals surface area (Å²) in [6, 6.07) is 0. The van der Waals surface area contributed by atoms with E-state index in [9.17, 15) is 9.59 Å². The molecule has 1 fully saturated rings. The Balaban J connectivity index is 2.79. The summed E-state index contributed by atoms with van der Waals surface area (Å²) < 4.78 is 4.94. The molecule has 5 heteroatoms. The Morgan fingerprint density at radius 2 is 2.23 bits per heavy atom. The van der Waals surface area contributed by atoms with Gasteiger partial charge >= 0.3 is 0 Å². The number of carbonyl (C=O) groups is 2. The Bertz CT molecular complexity index is 238. The Labute approximate surface area is 76.8 Å². The molecule has 0 saturated carbocycles. The van der Waals surface area contributed by atoms with Crippen molar-refractivity contribution in [3.63, 3.8) is 0 Å². The van der Waals surface area contributed by atoms with Crippen molar-refractivity contribution in [3.05, 3.63) is 0 Å². The van der Waals surface area contributed by atoms with Crippen LogP contribution in [-0.2, 0) is 14.3 Å². The van der Waals surface area contributed by atoms with E-state index >= 15 is 0 Å². The minimum atomic E-state index is -0.916. The summed E-state index contributed by atoms with van der Waals surface area (Å²) in [7, 11) is 0. The molecule has 2 amide bonds. The maximum atomic E-state index is 11.3. The highest BCUT2D eigenvalue weighted by Crippen LogP contribution is 2.16. The molecule has 0 unspecified atom stereocenters. The molecular formula is C8H14N2O3. The van der Waals surface area contributed by atoms with E-state index in [2.05, 4.69) is 0 Å². The van der Waals surface area contributed by atoms with E-state index in [0.717, 1.165) is 0 Å². The van der Waals surface area contributed by atoms with Crippen LogP contribution in [0.3, 0.4) is 0 Å². The van der Waals surface area contributed by atoms with Crippen LogP contribution in [0.5, 0.6) is 0 Å². The number of nitrogens with zero attached hydrogens (tertiary/aromatic N) is 1. The molecule has 0 aromatic carbocycles. The molecule has 13 heavy (non-hydrogen) atoms. The summed E-state index contributed by atoms with van der Waals surface area (Å²) in [6.45, 7) is 4.20. The Morgan fingerprint density at radius 3 is 2.69 bits per heavy atom. The molecule has 1 heterocycles. The van der Waals surface area contributed by atoms with Crippen LogP contribution < -0.4 is 5.73 Å². The zero-order valence-electron chi connectivity index (χ0n) is 7.87. The number of carbonyl (C=O) groups excluding carboxylic acids is 2. The normalized spacial score (nSPS) is 18.9. The highest BCUT2D eigenvalue weighted by atomic mass is 16.5. The molecule has 1 saturated heterocycles. The second-order valence-electron chi connectivity index (χ2n) is 3.52. The first-order chi connectivity index (χ1) is 5.96. The van der Waals surface area contributed by atoms with E-state index in [1.54, 1.807) is 13.8 Å². The Kier molecular flexibility index (Phi) is 2.56. The maximum Gasteiger partial charge on any atom is 0.249 e. The second-order valence-corrected chi connectivity index (χ2v) is 3.52. The smallest absolute Gasteiger partial charge is 0.249 e. The molecule has 0 aromatic heterocycles. The minimum Gasteiger partial charge on any atom is -0.370 e. The van der Waals surface area contributed by atoms with Gasteiger partial charge in [-0.2, -0.15) is 0 Å². The fourth-order valence-corrected chi connectivity index (χ4v) is 1.24. The van der Waals surface area contributed by atoms with Crippen LogP contribution in [0.4, 0.5) is 0 Å². The molecule has 0 atom stereocenters. The molecule has 0 radical (unpaired) electrons. The SMILES string of the molecule is CC(C)(C(N)=O)N1CCOCC1=O. The predicted octanol–water partition coefficient (Wildman–Crippen LogP) is -0.891. The number of nitrogens with two attached hydrogens (primary N) is 1. The van der Waals surface area contributed by atoms with Crippen LogP contribution in [-0.4, -0.2) is 42.0 Å². The molecule has 0 aromatic rings. The largest absolute Gasteiger partial charge is 0.370 e. The molecule has 74 valence electrons. The van der Waals surface area contributed by atoms with Gasteiger partial charge in [0.2, 0.25) is 11.8 Å². The van der Waals surface area contributed by atoms with Crippen LogP contribution in [0.15, 0.2) is 0 Å². The van der Waals surface area contributed by atoms with Crippen molar-refractivity contribution < 1.29 is 14.3 Å². The van der Waals surface area contributed by atoms with E-state index < -0.39 is 11.4 Å². The predicted molar refractivity (Wildman–Crippen MR) is 45.8 cm³/mol. The minimum absolute atomic E-state index is 0.0384. The molecule has 1 aliphatic rings. The van der Waals surface area contributed by atoms with E-state index in [1.807, 2.05) is 0 Å². The zero-order valence-corrected chi connectivity index (χ0v) is 7.87. The topological polar surface area (TPSA) is 72.6 Å². The van der Waals surface area contributed by atoms with Crippen LogP contribution in [0.25, 0.3) is 0 Å². The third-order valence-corrected chi connectivity index (χ3v) is 2.26. The molecule has 2 N–H and O–H groups in total. The van der Waals surface area contributed by atoms with Gasteiger partial charge in [-0.05, 0) is 13.8 Å². The van der Waals surface area contributed by atoms with Crippen LogP contribution in [0.2, 0.25) is 0 Å². The number of rotatable bonds is 2. The van der Waals surface area contributed by atoms with Gasteiger partial charge in [0.25, 0.3) is 0 Å². The van der Waals surface area contributed by atoms with Gasteiger partial charge in [-0.3, -0.25) is 9.59 Å². The maximum absolute atomic E-state index is 11.3. The van der Waals surface area contributed by atoms with Crippen molar-refractivity contribution in [2.24, 2.45) is 5.73 Å². The number of hydrogen-bond donors (Lipinski definition) is 1. The van der Waals surface area contributed by atoms with E-state index in [0.29, 0.717) is 13.2 Å². The summed E-state index contributed by atoms with van der Waals surface area (Å²) in [6.07, 6.45) is 0. The zero-order chi connectivity index (χ0) is 10.1. The lowest BCUT2D eigenvalue weighted by Crippen LogP contribution is -2.59. The van der Waals surface area contributed by atoms with Gasteiger partial charge < -0.3 is 15.4 Å². The van der Waals surface area contributed by atoms with E-state index in [4.69, 9.17) is 10.5 Å². The molecule has 0 aliphatic carbocycles. The number of morpholine rings is 1. The first-order valence-electron chi connectivity index (χ1n) is 4.14. The van der Waals surface area contributed by atoms with E-state index in [-0.39, 0.29) is 12.5 Å². The van der Waals surface area contributed by atoms with Gasteiger partial charge in [-0.1, -0.05) is 0 Å². The van der Waals surface area contributed by atoms with Gasteiger partial charge in [-0.15, -0.1) is 0 Å². The Morgan fingerprint density at radius 1 is 1.62 bits per heavy atom. The van der Waals surface area contributed by atoms with Crippen molar-refractivity contribution in [2.75, 3.05) is 19.8 Å². The lowest BCUT2D eigenvalue weighted by molar-refractivity contribution is -0.154. The fraction of sp³-hybridized carbons (Fsp3) is 0.750. The highest BCUT2D eigenvalue weighted by Gasteiger charge is 2.37. The molecule has 0 spiro atoms. The average Bonchev–Trinajstić information content (AvgIpc) is 2.04. The van der Waals surface area contributed by atoms with Gasteiger partial charge in [0.05, 0.1) is 6.61 Å². The summed E-state index contributed by atoms with van der Waals surface area (Å²) >= 11 is 0. The first kappa shape index (κ1) is 9.98. The Hall–Kier alpha value is -1.10. The number of ether oxygens (including phenoxy) is 1. The number of hydrogen-bond acceptors (Lipinski definition) is 3. The van der Waals surface area contributed by atoms with Crippen molar-refractivity contribution in [2.45, 2.75) is 19.4 Å². The molecule has 5 nitrogen and oxygen atoms in total. The first-order valence-corrected chi connectivity index (χ1v) is 4.14. The summed E-state index contributed by atoms with van der Waals surface area (Å²) in [5.74, 6) is -0.683. The fourth-order valence-electron chi connectivity index (χ4n) is 1.24. The number of primary amides is 1. The average molecular weight is 186 g/mol. The quantitative estimate of drug-likeness (QED) is 0.608. The van der Waals surface area contributed by atoms with Crippen LogP contribution in [0, 0.1) is 0 Å². The van der Waals surface area contributed by atoms with Gasteiger partial charge in [-0.25, -0.2) is 0 Å². The van der Waals surface area contributed by atoms with Gasteiger partial charge in [0.15, 0.2) is 0 Å². The summed E-state index contributed by atoms with van der Waals surface area (Å²) in [5, 5.41) is 0. The standard InChI is InChI=1S/C8H14N2O3/c1-8(2,7(9)12)10-3-4-13-5-6(10)11/h3-5H2,1-2H3,(H2,9,12). The number of amides is 2. The lowest BCUT2D eigenvalue weighted by atomic mass is 10.0. The van der Waals surface area contributed by atoms with Crippen molar-refractivity contribution in [1.29, 1.82) is 0 Å². The van der Waals surface area contributed by atoms with Gasteiger partial charge in [0.1, 0.15) is 12.1 Å². The van der Waals surface area contributed by atoms with Crippen LogP contribution >= 0.6 is 0 Å². The van der Waals surface area contributed by atoms with Crippen molar-refractivity contribution in [1.82, 2.24) is 4.90 Å². The van der Waals surface area contributed by atoms with Crippen molar-refractivity contribution in [3.8, 4) is 0 Å². The summed E-state index contributed by atoms with van der Waals surface area (Å²) in [4.78, 5) is 23.8. The highest BCUT2D eigenvalue weighted by molar-refractivity contribution is 5.90. The van der Waals surface area contributed by atoms with E-state index in [1.165, 1.54) is 4.90 Å².